The highest BCUT2D eigenvalue weighted by molar-refractivity contribution is 5.42. The quantitative estimate of drug-likeness (QED) is 0.671. The Balaban J connectivity index is 2.02. The normalized spacial score (nSPS) is 10.5. The van der Waals surface area contributed by atoms with E-state index in [2.05, 4.69) is 35.6 Å². The van der Waals surface area contributed by atoms with Crippen molar-refractivity contribution in [2.75, 3.05) is 26.8 Å². The highest BCUT2D eigenvalue weighted by Crippen LogP contribution is 2.26. The van der Waals surface area contributed by atoms with Gasteiger partial charge in [0.05, 0.1) is 13.2 Å². The van der Waals surface area contributed by atoms with E-state index >= 15 is 0 Å². The molecule has 0 aromatic heterocycles. The molecular formula is C20H27NO2. The first-order valence-corrected chi connectivity index (χ1v) is 8.41. The minimum Gasteiger partial charge on any atom is -0.494 e. The highest BCUT2D eigenvalue weighted by atomic mass is 16.5. The van der Waals surface area contributed by atoms with Crippen molar-refractivity contribution in [3.63, 3.8) is 0 Å². The van der Waals surface area contributed by atoms with E-state index in [0.717, 1.165) is 43.9 Å². The third-order valence-corrected chi connectivity index (χ3v) is 3.70. The van der Waals surface area contributed by atoms with Gasteiger partial charge in [0.2, 0.25) is 0 Å². The maximum atomic E-state index is 5.99. The molecule has 0 aliphatic heterocycles. The molecular weight excluding hydrogens is 286 g/mol. The molecule has 0 fully saturated rings. The number of hydrogen-bond donors (Lipinski definition) is 1. The molecule has 23 heavy (non-hydrogen) atoms. The molecule has 0 spiro atoms. The van der Waals surface area contributed by atoms with E-state index in [-0.39, 0.29) is 0 Å². The van der Waals surface area contributed by atoms with Gasteiger partial charge in [0, 0.05) is 6.42 Å². The van der Waals surface area contributed by atoms with Crippen molar-refractivity contribution >= 4 is 0 Å². The summed E-state index contributed by atoms with van der Waals surface area (Å²) in [5.74, 6) is 1.93. The van der Waals surface area contributed by atoms with Crippen LogP contribution in [0.3, 0.4) is 0 Å². The minimum atomic E-state index is 0.681. The fraction of sp³-hybridized carbons (Fsp3) is 0.400. The van der Waals surface area contributed by atoms with Crippen LogP contribution in [-0.2, 0) is 6.42 Å². The van der Waals surface area contributed by atoms with Crippen LogP contribution >= 0.6 is 0 Å². The van der Waals surface area contributed by atoms with E-state index in [9.17, 15) is 0 Å². The van der Waals surface area contributed by atoms with Gasteiger partial charge in [0.25, 0.3) is 0 Å². The van der Waals surface area contributed by atoms with Crippen molar-refractivity contribution in [1.82, 2.24) is 5.32 Å². The van der Waals surface area contributed by atoms with Gasteiger partial charge in [-0.3, -0.25) is 0 Å². The van der Waals surface area contributed by atoms with Crippen LogP contribution in [0.5, 0.6) is 11.5 Å². The maximum absolute atomic E-state index is 5.99. The van der Waals surface area contributed by atoms with Gasteiger partial charge in [-0.25, -0.2) is 0 Å². The molecule has 2 rings (SSSR count). The summed E-state index contributed by atoms with van der Waals surface area (Å²) in [5, 5.41) is 3.16. The summed E-state index contributed by atoms with van der Waals surface area (Å²) in [7, 11) is 1.98. The first-order valence-electron chi connectivity index (χ1n) is 8.41. The number of para-hydroxylation sites is 2. The van der Waals surface area contributed by atoms with Crippen molar-refractivity contribution in [3.05, 3.63) is 59.7 Å². The number of ether oxygens (including phenoxy) is 2. The third-order valence-electron chi connectivity index (χ3n) is 3.70. The second kappa shape index (κ2) is 9.90. The molecule has 0 bridgehead atoms. The Hall–Kier alpha value is -2.00. The SMILES string of the molecule is CCOc1ccccc1Cc1ccccc1OCCCCNC. The van der Waals surface area contributed by atoms with E-state index in [1.54, 1.807) is 0 Å². The van der Waals surface area contributed by atoms with E-state index in [4.69, 9.17) is 9.47 Å². The van der Waals surface area contributed by atoms with Gasteiger partial charge in [-0.05, 0) is 56.6 Å². The molecule has 3 heteroatoms. The summed E-state index contributed by atoms with van der Waals surface area (Å²) in [6.07, 6.45) is 3.01. The number of rotatable bonds is 10. The molecule has 0 aliphatic carbocycles. The summed E-state index contributed by atoms with van der Waals surface area (Å²) in [6, 6.07) is 16.5. The lowest BCUT2D eigenvalue weighted by Gasteiger charge is -2.14. The predicted molar refractivity (Wildman–Crippen MR) is 95.5 cm³/mol. The Labute approximate surface area is 139 Å². The number of unbranched alkanes of at least 4 members (excludes halogenated alkanes) is 1. The van der Waals surface area contributed by atoms with Gasteiger partial charge in [0.1, 0.15) is 11.5 Å². The van der Waals surface area contributed by atoms with Gasteiger partial charge >= 0.3 is 0 Å². The molecule has 0 aliphatic rings. The second-order valence-electron chi connectivity index (χ2n) is 5.48. The maximum Gasteiger partial charge on any atom is 0.122 e. The van der Waals surface area contributed by atoms with Crippen LogP contribution in [0, 0.1) is 0 Å². The zero-order valence-corrected chi connectivity index (χ0v) is 14.2. The Bertz CT molecular complexity index is 583. The average Bonchev–Trinajstić information content (AvgIpc) is 2.58. The Morgan fingerprint density at radius 2 is 1.43 bits per heavy atom. The van der Waals surface area contributed by atoms with Crippen LogP contribution in [0.4, 0.5) is 0 Å². The van der Waals surface area contributed by atoms with E-state index in [0.29, 0.717) is 6.61 Å². The average molecular weight is 313 g/mol. The monoisotopic (exact) mass is 313 g/mol. The standard InChI is InChI=1S/C20H27NO2/c1-3-22-19-12-6-4-10-17(19)16-18-11-5-7-13-20(18)23-15-9-8-14-21-2/h4-7,10-13,21H,3,8-9,14-16H2,1-2H3. The lowest BCUT2D eigenvalue weighted by Crippen LogP contribution is -2.09. The zero-order chi connectivity index (χ0) is 16.3. The fourth-order valence-electron chi connectivity index (χ4n) is 2.53. The molecule has 1 N–H and O–H groups in total. The Kier molecular flexibility index (Phi) is 7.47. The van der Waals surface area contributed by atoms with Crippen LogP contribution in [0.2, 0.25) is 0 Å². The summed E-state index contributed by atoms with van der Waals surface area (Å²) >= 11 is 0. The molecule has 3 nitrogen and oxygen atoms in total. The van der Waals surface area contributed by atoms with Crippen LogP contribution < -0.4 is 14.8 Å². The largest absolute Gasteiger partial charge is 0.494 e. The summed E-state index contributed by atoms with van der Waals surface area (Å²) in [6.45, 7) is 4.48. The number of nitrogens with one attached hydrogen (secondary N) is 1. The Morgan fingerprint density at radius 3 is 2.04 bits per heavy atom. The smallest absolute Gasteiger partial charge is 0.122 e. The molecule has 124 valence electrons. The fourth-order valence-corrected chi connectivity index (χ4v) is 2.53. The van der Waals surface area contributed by atoms with Gasteiger partial charge in [-0.2, -0.15) is 0 Å². The summed E-state index contributed by atoms with van der Waals surface area (Å²) in [4.78, 5) is 0. The lowest BCUT2D eigenvalue weighted by atomic mass is 10.0. The van der Waals surface area contributed by atoms with Crippen molar-refractivity contribution in [1.29, 1.82) is 0 Å². The first kappa shape index (κ1) is 17.4. The molecule has 2 aromatic carbocycles. The number of benzene rings is 2. The molecule has 0 atom stereocenters. The van der Waals surface area contributed by atoms with Crippen molar-refractivity contribution in [2.45, 2.75) is 26.2 Å². The molecule has 0 unspecified atom stereocenters. The highest BCUT2D eigenvalue weighted by Gasteiger charge is 2.08. The predicted octanol–water partition coefficient (Wildman–Crippen LogP) is 4.05. The molecule has 0 heterocycles. The van der Waals surface area contributed by atoms with E-state index in [1.165, 1.54) is 11.1 Å². The van der Waals surface area contributed by atoms with E-state index in [1.807, 2.05) is 32.2 Å². The van der Waals surface area contributed by atoms with E-state index < -0.39 is 0 Å². The summed E-state index contributed by atoms with van der Waals surface area (Å²) in [5.41, 5.74) is 2.40. The second-order valence-corrected chi connectivity index (χ2v) is 5.48. The van der Waals surface area contributed by atoms with Gasteiger partial charge in [-0.1, -0.05) is 36.4 Å². The molecule has 0 saturated heterocycles. The van der Waals surface area contributed by atoms with Crippen LogP contribution in [0.1, 0.15) is 30.9 Å². The number of hydrogen-bond acceptors (Lipinski definition) is 3. The van der Waals surface area contributed by atoms with Gasteiger partial charge in [-0.15, -0.1) is 0 Å². The first-order chi connectivity index (χ1) is 11.3. The van der Waals surface area contributed by atoms with Crippen LogP contribution in [-0.4, -0.2) is 26.8 Å². The lowest BCUT2D eigenvalue weighted by molar-refractivity contribution is 0.303. The topological polar surface area (TPSA) is 30.5 Å². The third kappa shape index (κ3) is 5.61. The van der Waals surface area contributed by atoms with Gasteiger partial charge in [0.15, 0.2) is 0 Å². The van der Waals surface area contributed by atoms with Crippen LogP contribution in [0.25, 0.3) is 0 Å². The molecule has 0 radical (unpaired) electrons. The van der Waals surface area contributed by atoms with Crippen molar-refractivity contribution < 1.29 is 9.47 Å². The molecule has 2 aromatic rings. The van der Waals surface area contributed by atoms with Crippen molar-refractivity contribution in [3.8, 4) is 11.5 Å². The zero-order valence-electron chi connectivity index (χ0n) is 14.2. The summed E-state index contributed by atoms with van der Waals surface area (Å²) < 4.78 is 11.7. The van der Waals surface area contributed by atoms with Gasteiger partial charge < -0.3 is 14.8 Å². The minimum absolute atomic E-state index is 0.681. The molecule has 0 amide bonds. The Morgan fingerprint density at radius 1 is 0.826 bits per heavy atom. The van der Waals surface area contributed by atoms with Crippen LogP contribution in [0.15, 0.2) is 48.5 Å². The van der Waals surface area contributed by atoms with Crippen molar-refractivity contribution in [2.24, 2.45) is 0 Å². The molecule has 0 saturated carbocycles.